The van der Waals surface area contributed by atoms with Crippen molar-refractivity contribution >= 4 is 27.8 Å². The Labute approximate surface area is 145 Å². The predicted molar refractivity (Wildman–Crippen MR) is 91.9 cm³/mol. The number of likely N-dealkylation sites (N-methyl/N-ethyl adjacent to an activating group) is 1. The Hall–Kier alpha value is -1.40. The molecule has 0 heterocycles. The molecule has 0 saturated heterocycles. The fourth-order valence-electron chi connectivity index (χ4n) is 2.73. The molecular weight excluding hydrogens is 360 g/mol. The summed E-state index contributed by atoms with van der Waals surface area (Å²) in [7, 11) is 1.62. The van der Waals surface area contributed by atoms with Crippen molar-refractivity contribution < 1.29 is 14.3 Å². The van der Waals surface area contributed by atoms with Gasteiger partial charge in [0.1, 0.15) is 6.54 Å². The Kier molecular flexibility index (Phi) is 6.18. The van der Waals surface area contributed by atoms with Gasteiger partial charge in [-0.1, -0.05) is 28.1 Å². The van der Waals surface area contributed by atoms with Crippen LogP contribution in [-0.2, 0) is 19.9 Å². The number of benzene rings is 1. The van der Waals surface area contributed by atoms with Gasteiger partial charge >= 0.3 is 5.97 Å². The molecule has 6 heteroatoms. The summed E-state index contributed by atoms with van der Waals surface area (Å²) in [6.07, 6.45) is 3.18. The van der Waals surface area contributed by atoms with E-state index in [1.54, 1.807) is 14.0 Å². The van der Waals surface area contributed by atoms with E-state index in [0.29, 0.717) is 6.61 Å². The second-order valence-electron chi connectivity index (χ2n) is 5.85. The van der Waals surface area contributed by atoms with E-state index in [4.69, 9.17) is 4.74 Å². The molecule has 126 valence electrons. The van der Waals surface area contributed by atoms with Crippen molar-refractivity contribution in [2.45, 2.75) is 31.7 Å². The molecule has 1 aromatic carbocycles. The summed E-state index contributed by atoms with van der Waals surface area (Å²) in [5.74, 6) is -0.490. The minimum atomic E-state index is -0.380. The van der Waals surface area contributed by atoms with Gasteiger partial charge in [-0.15, -0.1) is 0 Å². The summed E-state index contributed by atoms with van der Waals surface area (Å²) in [5.41, 5.74) is 1.08. The van der Waals surface area contributed by atoms with E-state index in [1.807, 2.05) is 12.1 Å². The van der Waals surface area contributed by atoms with Crippen LogP contribution in [0.1, 0.15) is 31.7 Å². The maximum atomic E-state index is 12.2. The van der Waals surface area contributed by atoms with Crippen LogP contribution in [0.2, 0.25) is 0 Å². The molecule has 0 radical (unpaired) electrons. The topological polar surface area (TPSA) is 58.6 Å². The Morgan fingerprint density at radius 3 is 2.48 bits per heavy atom. The van der Waals surface area contributed by atoms with Gasteiger partial charge in [0, 0.05) is 17.1 Å². The van der Waals surface area contributed by atoms with Crippen LogP contribution < -0.4 is 5.32 Å². The molecule has 2 rings (SSSR count). The number of hydrogen-bond donors (Lipinski definition) is 1. The van der Waals surface area contributed by atoms with Crippen LogP contribution in [0.5, 0.6) is 0 Å². The van der Waals surface area contributed by atoms with E-state index >= 15 is 0 Å². The first kappa shape index (κ1) is 17.9. The summed E-state index contributed by atoms with van der Waals surface area (Å²) in [6.45, 7) is 2.28. The van der Waals surface area contributed by atoms with E-state index in [-0.39, 0.29) is 30.5 Å². The Morgan fingerprint density at radius 1 is 1.30 bits per heavy atom. The molecule has 1 saturated carbocycles. The Morgan fingerprint density at radius 2 is 1.96 bits per heavy atom. The molecule has 23 heavy (non-hydrogen) atoms. The number of ether oxygens (including phenoxy) is 1. The van der Waals surface area contributed by atoms with Gasteiger partial charge in [-0.25, -0.2) is 0 Å². The average molecular weight is 383 g/mol. The lowest BCUT2D eigenvalue weighted by atomic mass is 9.72. The molecule has 1 aliphatic carbocycles. The molecule has 1 fully saturated rings. The standard InChI is InChI=1S/C17H23BrN2O3/c1-3-23-16(22)12-20(2)15(21)11-19-17(9-4-10-17)13-5-7-14(18)8-6-13/h5-8,19H,3-4,9-12H2,1-2H3. The van der Waals surface area contributed by atoms with Crippen molar-refractivity contribution in [1.29, 1.82) is 0 Å². The van der Waals surface area contributed by atoms with Crippen molar-refractivity contribution in [3.8, 4) is 0 Å². The number of carbonyl (C=O) groups excluding carboxylic acids is 2. The van der Waals surface area contributed by atoms with Crippen LogP contribution in [-0.4, -0.2) is 43.5 Å². The smallest absolute Gasteiger partial charge is 0.325 e. The molecule has 1 N–H and O–H groups in total. The Bertz CT molecular complexity index is 555. The number of hydrogen-bond acceptors (Lipinski definition) is 4. The molecule has 5 nitrogen and oxygen atoms in total. The zero-order valence-corrected chi connectivity index (χ0v) is 15.2. The van der Waals surface area contributed by atoms with Crippen LogP contribution >= 0.6 is 15.9 Å². The quantitative estimate of drug-likeness (QED) is 0.735. The first-order valence-corrected chi connectivity index (χ1v) is 8.67. The van der Waals surface area contributed by atoms with Crippen molar-refractivity contribution in [2.75, 3.05) is 26.7 Å². The number of rotatable bonds is 7. The van der Waals surface area contributed by atoms with Gasteiger partial charge in [0.05, 0.1) is 13.2 Å². The minimum Gasteiger partial charge on any atom is -0.465 e. The molecule has 0 bridgehead atoms. The minimum absolute atomic E-state index is 0.0142. The van der Waals surface area contributed by atoms with Crippen molar-refractivity contribution in [2.24, 2.45) is 0 Å². The number of halogens is 1. The van der Waals surface area contributed by atoms with Gasteiger partial charge in [-0.2, -0.15) is 0 Å². The highest BCUT2D eigenvalue weighted by Crippen LogP contribution is 2.41. The Balaban J connectivity index is 1.91. The molecule has 1 aromatic rings. The van der Waals surface area contributed by atoms with Crippen molar-refractivity contribution in [1.82, 2.24) is 10.2 Å². The zero-order chi connectivity index (χ0) is 16.9. The van der Waals surface area contributed by atoms with E-state index in [9.17, 15) is 9.59 Å². The summed E-state index contributed by atoms with van der Waals surface area (Å²) >= 11 is 3.44. The molecule has 0 atom stereocenters. The highest BCUT2D eigenvalue weighted by Gasteiger charge is 2.38. The maximum Gasteiger partial charge on any atom is 0.325 e. The van der Waals surface area contributed by atoms with Crippen molar-refractivity contribution in [3.63, 3.8) is 0 Å². The van der Waals surface area contributed by atoms with Gasteiger partial charge in [0.2, 0.25) is 5.91 Å². The van der Waals surface area contributed by atoms with Crippen LogP contribution in [0.3, 0.4) is 0 Å². The van der Waals surface area contributed by atoms with Gasteiger partial charge in [-0.05, 0) is 43.9 Å². The fourth-order valence-corrected chi connectivity index (χ4v) is 3.00. The number of nitrogens with zero attached hydrogens (tertiary/aromatic N) is 1. The molecule has 0 aliphatic heterocycles. The second kappa shape index (κ2) is 7.93. The second-order valence-corrected chi connectivity index (χ2v) is 6.77. The summed E-state index contributed by atoms with van der Waals surface area (Å²) in [6, 6.07) is 8.21. The number of carbonyl (C=O) groups is 2. The third-order valence-electron chi connectivity index (χ3n) is 4.28. The summed E-state index contributed by atoms with van der Waals surface area (Å²) < 4.78 is 5.91. The van der Waals surface area contributed by atoms with Gasteiger partial charge in [0.15, 0.2) is 0 Å². The first-order valence-electron chi connectivity index (χ1n) is 7.87. The predicted octanol–water partition coefficient (Wildman–Crippen LogP) is 2.44. The number of nitrogens with one attached hydrogen (secondary N) is 1. The summed E-state index contributed by atoms with van der Waals surface area (Å²) in [5, 5.41) is 3.40. The lowest BCUT2D eigenvalue weighted by Gasteiger charge is -2.43. The van der Waals surface area contributed by atoms with Crippen LogP contribution in [0.4, 0.5) is 0 Å². The van der Waals surface area contributed by atoms with Crippen molar-refractivity contribution in [3.05, 3.63) is 34.3 Å². The van der Waals surface area contributed by atoms with E-state index in [2.05, 4.69) is 33.4 Å². The SMILES string of the molecule is CCOC(=O)CN(C)C(=O)CNC1(c2ccc(Br)cc2)CCC1. The van der Waals surface area contributed by atoms with Crippen LogP contribution in [0.25, 0.3) is 0 Å². The highest BCUT2D eigenvalue weighted by atomic mass is 79.9. The highest BCUT2D eigenvalue weighted by molar-refractivity contribution is 9.10. The molecule has 1 amide bonds. The number of esters is 1. The maximum absolute atomic E-state index is 12.2. The lowest BCUT2D eigenvalue weighted by Crippen LogP contribution is -2.52. The fraction of sp³-hybridized carbons (Fsp3) is 0.529. The largest absolute Gasteiger partial charge is 0.465 e. The van der Waals surface area contributed by atoms with E-state index in [0.717, 1.165) is 23.7 Å². The van der Waals surface area contributed by atoms with Gasteiger partial charge in [0.25, 0.3) is 0 Å². The average Bonchev–Trinajstić information content (AvgIpc) is 2.47. The third kappa shape index (κ3) is 4.54. The molecule has 0 unspecified atom stereocenters. The summed E-state index contributed by atoms with van der Waals surface area (Å²) in [4.78, 5) is 25.0. The first-order chi connectivity index (χ1) is 11.0. The molecule has 1 aliphatic rings. The number of amides is 1. The normalized spacial score (nSPS) is 15.6. The third-order valence-corrected chi connectivity index (χ3v) is 4.81. The van der Waals surface area contributed by atoms with Crippen LogP contribution in [0, 0.1) is 0 Å². The van der Waals surface area contributed by atoms with E-state index < -0.39 is 0 Å². The molecule has 0 aromatic heterocycles. The molecular formula is C17H23BrN2O3. The van der Waals surface area contributed by atoms with Gasteiger partial charge in [-0.3, -0.25) is 14.9 Å². The van der Waals surface area contributed by atoms with Crippen LogP contribution in [0.15, 0.2) is 28.7 Å². The lowest BCUT2D eigenvalue weighted by molar-refractivity contribution is -0.148. The van der Waals surface area contributed by atoms with E-state index in [1.165, 1.54) is 10.5 Å². The van der Waals surface area contributed by atoms with Gasteiger partial charge < -0.3 is 9.64 Å². The zero-order valence-electron chi connectivity index (χ0n) is 13.6. The molecule has 0 spiro atoms. The monoisotopic (exact) mass is 382 g/mol.